The number of carbonyl (C=O) groups excluding carboxylic acids is 1. The fraction of sp³-hybridized carbons (Fsp3) is 0.190. The van der Waals surface area contributed by atoms with Gasteiger partial charge in [0.15, 0.2) is 11.6 Å². The lowest BCUT2D eigenvalue weighted by molar-refractivity contribution is -0.118. The number of fused-ring (bicyclic) bond motifs is 1. The Bertz CT molecular complexity index is 1250. The van der Waals surface area contributed by atoms with Crippen LogP contribution in [0.1, 0.15) is 18.8 Å². The number of hydrogen-bond donors (Lipinski definition) is 2. The van der Waals surface area contributed by atoms with Crippen molar-refractivity contribution in [3.05, 3.63) is 71.0 Å². The van der Waals surface area contributed by atoms with Gasteiger partial charge in [-0.15, -0.1) is 0 Å². The van der Waals surface area contributed by atoms with Crippen molar-refractivity contribution in [2.24, 2.45) is 0 Å². The maximum absolute atomic E-state index is 12.7. The van der Waals surface area contributed by atoms with E-state index in [1.54, 1.807) is 44.4 Å². The van der Waals surface area contributed by atoms with Gasteiger partial charge >= 0.3 is 0 Å². The number of carbonyl (C=O) groups is 1. The first kappa shape index (κ1) is 19.5. The SMILES string of the molecule is COCc1nc(-c2ccc(NC(=O)[C@H](C)n3cnc4ccccc4c3=O)cc2)n[nH]1. The van der Waals surface area contributed by atoms with E-state index in [9.17, 15) is 9.59 Å². The quantitative estimate of drug-likeness (QED) is 0.510. The summed E-state index contributed by atoms with van der Waals surface area (Å²) in [6.45, 7) is 2.01. The Morgan fingerprint density at radius 1 is 1.20 bits per heavy atom. The summed E-state index contributed by atoms with van der Waals surface area (Å²) in [5, 5.41) is 10.3. The van der Waals surface area contributed by atoms with Crippen molar-refractivity contribution in [2.75, 3.05) is 12.4 Å². The third kappa shape index (κ3) is 3.83. The number of amides is 1. The maximum atomic E-state index is 12.7. The number of methoxy groups -OCH3 is 1. The van der Waals surface area contributed by atoms with Crippen LogP contribution in [0.4, 0.5) is 5.69 Å². The van der Waals surface area contributed by atoms with Gasteiger partial charge in [0, 0.05) is 18.4 Å². The Morgan fingerprint density at radius 3 is 2.73 bits per heavy atom. The standard InChI is InChI=1S/C21H20N6O3/c1-13(27-12-22-17-6-4-3-5-16(17)21(27)29)20(28)23-15-9-7-14(8-10-15)19-24-18(11-30-2)25-26-19/h3-10,12-13H,11H2,1-2H3,(H,23,28)(H,24,25,26)/t13-/m0/s1. The summed E-state index contributed by atoms with van der Waals surface area (Å²) in [6, 6.07) is 13.5. The molecular formula is C21H20N6O3. The number of benzene rings is 2. The summed E-state index contributed by atoms with van der Waals surface area (Å²) in [4.78, 5) is 34.0. The molecule has 4 rings (SSSR count). The van der Waals surface area contributed by atoms with Gasteiger partial charge in [-0.25, -0.2) is 9.97 Å². The Balaban J connectivity index is 1.49. The lowest BCUT2D eigenvalue weighted by Crippen LogP contribution is -2.31. The number of rotatable bonds is 6. The third-order valence-corrected chi connectivity index (χ3v) is 4.71. The zero-order valence-electron chi connectivity index (χ0n) is 16.5. The van der Waals surface area contributed by atoms with Crippen molar-refractivity contribution in [2.45, 2.75) is 19.6 Å². The van der Waals surface area contributed by atoms with Crippen LogP contribution in [0.15, 0.2) is 59.7 Å². The van der Waals surface area contributed by atoms with Gasteiger partial charge in [-0.2, -0.15) is 5.10 Å². The van der Waals surface area contributed by atoms with Gasteiger partial charge in [0.1, 0.15) is 12.6 Å². The van der Waals surface area contributed by atoms with Crippen LogP contribution in [0.2, 0.25) is 0 Å². The lowest BCUT2D eigenvalue weighted by Gasteiger charge is -2.15. The summed E-state index contributed by atoms with van der Waals surface area (Å²) >= 11 is 0. The topological polar surface area (TPSA) is 115 Å². The van der Waals surface area contributed by atoms with Crippen molar-refractivity contribution >= 4 is 22.5 Å². The lowest BCUT2D eigenvalue weighted by atomic mass is 10.2. The first-order valence-electron chi connectivity index (χ1n) is 9.34. The van der Waals surface area contributed by atoms with E-state index in [-0.39, 0.29) is 11.5 Å². The summed E-state index contributed by atoms with van der Waals surface area (Å²) in [5.41, 5.74) is 1.75. The molecule has 152 valence electrons. The molecule has 2 heterocycles. The molecule has 0 aliphatic carbocycles. The molecular weight excluding hydrogens is 384 g/mol. The molecule has 0 aliphatic rings. The highest BCUT2D eigenvalue weighted by atomic mass is 16.5. The zero-order chi connectivity index (χ0) is 21.1. The van der Waals surface area contributed by atoms with E-state index < -0.39 is 6.04 Å². The van der Waals surface area contributed by atoms with Crippen molar-refractivity contribution < 1.29 is 9.53 Å². The van der Waals surface area contributed by atoms with E-state index >= 15 is 0 Å². The molecule has 0 aliphatic heterocycles. The largest absolute Gasteiger partial charge is 0.377 e. The maximum Gasteiger partial charge on any atom is 0.261 e. The van der Waals surface area contributed by atoms with Crippen LogP contribution >= 0.6 is 0 Å². The number of nitrogens with one attached hydrogen (secondary N) is 2. The van der Waals surface area contributed by atoms with Crippen LogP contribution in [-0.4, -0.2) is 37.7 Å². The molecule has 2 aromatic carbocycles. The van der Waals surface area contributed by atoms with E-state index in [0.29, 0.717) is 34.8 Å². The number of aromatic amines is 1. The van der Waals surface area contributed by atoms with Gasteiger partial charge in [0.05, 0.1) is 17.2 Å². The summed E-state index contributed by atoms with van der Waals surface area (Å²) in [5.74, 6) is 0.859. The van der Waals surface area contributed by atoms with Gasteiger partial charge in [0.2, 0.25) is 5.91 Å². The van der Waals surface area contributed by atoms with Gasteiger partial charge in [-0.3, -0.25) is 19.3 Å². The Morgan fingerprint density at radius 2 is 1.97 bits per heavy atom. The van der Waals surface area contributed by atoms with Crippen molar-refractivity contribution in [3.8, 4) is 11.4 Å². The molecule has 2 N–H and O–H groups in total. The van der Waals surface area contributed by atoms with Gasteiger partial charge in [-0.1, -0.05) is 12.1 Å². The minimum atomic E-state index is -0.723. The molecule has 0 unspecified atom stereocenters. The molecule has 0 spiro atoms. The first-order valence-corrected chi connectivity index (χ1v) is 9.34. The number of nitrogens with zero attached hydrogens (tertiary/aromatic N) is 4. The molecule has 2 aromatic heterocycles. The molecule has 30 heavy (non-hydrogen) atoms. The number of hydrogen-bond acceptors (Lipinski definition) is 6. The van der Waals surface area contributed by atoms with Crippen molar-refractivity contribution in [1.82, 2.24) is 24.7 Å². The third-order valence-electron chi connectivity index (χ3n) is 4.71. The molecule has 1 amide bonds. The van der Waals surface area contributed by atoms with E-state index in [2.05, 4.69) is 25.5 Å². The normalized spacial score (nSPS) is 12.1. The second kappa shape index (κ2) is 8.26. The van der Waals surface area contributed by atoms with E-state index in [4.69, 9.17) is 4.74 Å². The monoisotopic (exact) mass is 404 g/mol. The van der Waals surface area contributed by atoms with Gasteiger partial charge < -0.3 is 10.1 Å². The molecule has 0 saturated heterocycles. The highest BCUT2D eigenvalue weighted by Gasteiger charge is 2.18. The second-order valence-corrected chi connectivity index (χ2v) is 6.76. The van der Waals surface area contributed by atoms with E-state index in [1.165, 1.54) is 10.9 Å². The van der Waals surface area contributed by atoms with E-state index in [0.717, 1.165) is 5.56 Å². The summed E-state index contributed by atoms with van der Waals surface area (Å²) in [7, 11) is 1.59. The zero-order valence-corrected chi connectivity index (χ0v) is 16.5. The van der Waals surface area contributed by atoms with E-state index in [1.807, 2.05) is 18.2 Å². The predicted octanol–water partition coefficient (Wildman–Crippen LogP) is 2.53. The Kier molecular flexibility index (Phi) is 5.36. The minimum Gasteiger partial charge on any atom is -0.377 e. The molecule has 0 radical (unpaired) electrons. The van der Waals surface area contributed by atoms with Crippen LogP contribution in [0, 0.1) is 0 Å². The van der Waals surface area contributed by atoms with Crippen LogP contribution in [0.3, 0.4) is 0 Å². The highest BCUT2D eigenvalue weighted by Crippen LogP contribution is 2.19. The molecule has 0 saturated carbocycles. The van der Waals surface area contributed by atoms with Crippen molar-refractivity contribution in [1.29, 1.82) is 0 Å². The number of para-hydroxylation sites is 1. The number of anilines is 1. The number of H-pyrrole nitrogens is 1. The molecule has 0 bridgehead atoms. The second-order valence-electron chi connectivity index (χ2n) is 6.76. The Hall–Kier alpha value is -3.85. The van der Waals surface area contributed by atoms with Gasteiger partial charge in [0.25, 0.3) is 5.56 Å². The molecule has 0 fully saturated rings. The average molecular weight is 404 g/mol. The molecule has 1 atom stereocenters. The number of ether oxygens (including phenoxy) is 1. The van der Waals surface area contributed by atoms with Gasteiger partial charge in [-0.05, 0) is 43.3 Å². The van der Waals surface area contributed by atoms with Crippen LogP contribution in [0.5, 0.6) is 0 Å². The first-order chi connectivity index (χ1) is 14.6. The smallest absolute Gasteiger partial charge is 0.261 e. The minimum absolute atomic E-state index is 0.255. The highest BCUT2D eigenvalue weighted by molar-refractivity contribution is 5.93. The Labute approximate surface area is 171 Å². The molecule has 4 aromatic rings. The van der Waals surface area contributed by atoms with Crippen LogP contribution < -0.4 is 10.9 Å². The number of aromatic nitrogens is 5. The average Bonchev–Trinajstić information content (AvgIpc) is 3.23. The van der Waals surface area contributed by atoms with Crippen LogP contribution in [-0.2, 0) is 16.1 Å². The molecule has 9 heteroatoms. The summed E-state index contributed by atoms with van der Waals surface area (Å²) in [6.07, 6.45) is 1.40. The summed E-state index contributed by atoms with van der Waals surface area (Å²) < 4.78 is 6.35. The van der Waals surface area contributed by atoms with Crippen LogP contribution in [0.25, 0.3) is 22.3 Å². The fourth-order valence-corrected chi connectivity index (χ4v) is 3.06. The predicted molar refractivity (Wildman–Crippen MR) is 112 cm³/mol. The molecule has 9 nitrogen and oxygen atoms in total. The fourth-order valence-electron chi connectivity index (χ4n) is 3.06. The van der Waals surface area contributed by atoms with Crippen molar-refractivity contribution in [3.63, 3.8) is 0 Å².